The first-order chi connectivity index (χ1) is 10.7. The molecule has 0 aromatic heterocycles. The molecule has 2 atom stereocenters. The molecule has 126 valence electrons. The largest absolute Gasteiger partial charge is 0.480 e. The fourth-order valence-corrected chi connectivity index (χ4v) is 1.98. The van der Waals surface area contributed by atoms with Gasteiger partial charge in [-0.25, -0.2) is 4.79 Å². The number of aliphatic carboxylic acids is 1. The molecule has 23 heavy (non-hydrogen) atoms. The SMILES string of the molecule is CC(=O)Oc1ccc(C[C@H](N)C(=O)N[C@H](C(=O)O)C(C)C)cc1. The lowest BCUT2D eigenvalue weighted by molar-refractivity contribution is -0.143. The highest BCUT2D eigenvalue weighted by molar-refractivity contribution is 5.87. The summed E-state index contributed by atoms with van der Waals surface area (Å²) in [6, 6.07) is 4.77. The van der Waals surface area contributed by atoms with Gasteiger partial charge in [-0.1, -0.05) is 26.0 Å². The Labute approximate surface area is 134 Å². The number of benzene rings is 1. The highest BCUT2D eigenvalue weighted by Gasteiger charge is 2.25. The lowest BCUT2D eigenvalue weighted by Crippen LogP contribution is -2.51. The molecule has 1 aromatic carbocycles. The lowest BCUT2D eigenvalue weighted by Gasteiger charge is -2.20. The number of hydrogen-bond donors (Lipinski definition) is 3. The maximum atomic E-state index is 12.0. The monoisotopic (exact) mass is 322 g/mol. The second-order valence-corrected chi connectivity index (χ2v) is 5.62. The van der Waals surface area contributed by atoms with Gasteiger partial charge in [-0.15, -0.1) is 0 Å². The van der Waals surface area contributed by atoms with Crippen LogP contribution in [0.2, 0.25) is 0 Å². The Morgan fingerprint density at radius 1 is 1.22 bits per heavy atom. The summed E-state index contributed by atoms with van der Waals surface area (Å²) in [6.45, 7) is 4.72. The summed E-state index contributed by atoms with van der Waals surface area (Å²) in [7, 11) is 0. The van der Waals surface area contributed by atoms with Crippen LogP contribution in [-0.2, 0) is 20.8 Å². The zero-order valence-electron chi connectivity index (χ0n) is 13.4. The molecule has 0 saturated heterocycles. The van der Waals surface area contributed by atoms with Crippen molar-refractivity contribution in [1.82, 2.24) is 5.32 Å². The second kappa shape index (κ2) is 8.28. The van der Waals surface area contributed by atoms with Crippen molar-refractivity contribution in [3.63, 3.8) is 0 Å². The number of hydrogen-bond acceptors (Lipinski definition) is 5. The van der Waals surface area contributed by atoms with Crippen molar-refractivity contribution in [2.24, 2.45) is 11.7 Å². The summed E-state index contributed by atoms with van der Waals surface area (Å²) >= 11 is 0. The topological polar surface area (TPSA) is 119 Å². The summed E-state index contributed by atoms with van der Waals surface area (Å²) in [6.07, 6.45) is 0.247. The maximum absolute atomic E-state index is 12.0. The summed E-state index contributed by atoms with van der Waals surface area (Å²) in [5.41, 5.74) is 6.60. The van der Waals surface area contributed by atoms with E-state index in [1.165, 1.54) is 6.92 Å². The number of amides is 1. The van der Waals surface area contributed by atoms with Crippen molar-refractivity contribution in [3.8, 4) is 5.75 Å². The van der Waals surface area contributed by atoms with Gasteiger partial charge >= 0.3 is 11.9 Å². The van der Waals surface area contributed by atoms with Crippen LogP contribution in [0.3, 0.4) is 0 Å². The number of nitrogens with two attached hydrogens (primary N) is 1. The van der Waals surface area contributed by atoms with E-state index in [0.29, 0.717) is 5.75 Å². The van der Waals surface area contributed by atoms with E-state index >= 15 is 0 Å². The average molecular weight is 322 g/mol. The molecule has 0 unspecified atom stereocenters. The number of carboxylic acids is 1. The Hall–Kier alpha value is -2.41. The first-order valence-corrected chi connectivity index (χ1v) is 7.26. The molecule has 0 saturated carbocycles. The molecule has 0 aliphatic rings. The van der Waals surface area contributed by atoms with Crippen LogP contribution in [0.5, 0.6) is 5.75 Å². The first-order valence-electron chi connectivity index (χ1n) is 7.26. The molecular weight excluding hydrogens is 300 g/mol. The lowest BCUT2D eigenvalue weighted by atomic mass is 10.0. The molecule has 0 bridgehead atoms. The number of carbonyl (C=O) groups is 3. The molecule has 0 aliphatic heterocycles. The minimum Gasteiger partial charge on any atom is -0.480 e. The van der Waals surface area contributed by atoms with Crippen LogP contribution in [0.4, 0.5) is 0 Å². The molecule has 1 amide bonds. The van der Waals surface area contributed by atoms with Gasteiger partial charge in [0.15, 0.2) is 0 Å². The Kier molecular flexibility index (Phi) is 6.71. The van der Waals surface area contributed by atoms with Gasteiger partial charge in [0.1, 0.15) is 11.8 Å². The van der Waals surface area contributed by atoms with Gasteiger partial charge in [-0.05, 0) is 30.0 Å². The molecular formula is C16H22N2O5. The van der Waals surface area contributed by atoms with Crippen molar-refractivity contribution in [2.45, 2.75) is 39.3 Å². The van der Waals surface area contributed by atoms with Gasteiger partial charge in [-0.2, -0.15) is 0 Å². The van der Waals surface area contributed by atoms with Crippen LogP contribution in [0, 0.1) is 5.92 Å². The fraction of sp³-hybridized carbons (Fsp3) is 0.438. The van der Waals surface area contributed by atoms with Gasteiger partial charge in [-0.3, -0.25) is 9.59 Å². The number of esters is 1. The molecule has 4 N–H and O–H groups in total. The third-order valence-electron chi connectivity index (χ3n) is 3.21. The van der Waals surface area contributed by atoms with Gasteiger partial charge < -0.3 is 20.9 Å². The maximum Gasteiger partial charge on any atom is 0.326 e. The van der Waals surface area contributed by atoms with E-state index in [1.54, 1.807) is 38.1 Å². The van der Waals surface area contributed by atoms with Crippen LogP contribution in [0.25, 0.3) is 0 Å². The standard InChI is InChI=1S/C16H22N2O5/c1-9(2)14(16(21)22)18-15(20)13(17)8-11-4-6-12(7-5-11)23-10(3)19/h4-7,9,13-14H,8,17H2,1-3H3,(H,18,20)(H,21,22)/t13-,14-/m0/s1. The number of carboxylic acid groups (broad SMARTS) is 1. The predicted molar refractivity (Wildman–Crippen MR) is 83.8 cm³/mol. The molecule has 1 aromatic rings. The summed E-state index contributed by atoms with van der Waals surface area (Å²) in [4.78, 5) is 33.9. The van der Waals surface area contributed by atoms with Crippen LogP contribution < -0.4 is 15.8 Å². The van der Waals surface area contributed by atoms with Gasteiger partial charge in [0.25, 0.3) is 0 Å². The molecule has 1 rings (SSSR count). The highest BCUT2D eigenvalue weighted by Crippen LogP contribution is 2.13. The second-order valence-electron chi connectivity index (χ2n) is 5.62. The van der Waals surface area contributed by atoms with Crippen molar-refractivity contribution in [1.29, 1.82) is 0 Å². The predicted octanol–water partition coefficient (Wildman–Crippen LogP) is 0.707. The van der Waals surface area contributed by atoms with Gasteiger partial charge in [0.05, 0.1) is 6.04 Å². The van der Waals surface area contributed by atoms with E-state index in [9.17, 15) is 14.4 Å². The van der Waals surface area contributed by atoms with Gasteiger partial charge in [0.2, 0.25) is 5.91 Å². The summed E-state index contributed by atoms with van der Waals surface area (Å²) in [5, 5.41) is 11.5. The number of carbonyl (C=O) groups excluding carboxylic acids is 2. The van der Waals surface area contributed by atoms with E-state index in [-0.39, 0.29) is 12.3 Å². The zero-order valence-corrected chi connectivity index (χ0v) is 13.4. The molecule has 7 heteroatoms. The molecule has 7 nitrogen and oxygen atoms in total. The van der Waals surface area contributed by atoms with Crippen LogP contribution in [-0.4, -0.2) is 35.0 Å². The molecule has 0 aliphatic carbocycles. The zero-order chi connectivity index (χ0) is 17.6. The van der Waals surface area contributed by atoms with Crippen molar-refractivity contribution in [2.75, 3.05) is 0 Å². The Balaban J connectivity index is 2.64. The summed E-state index contributed by atoms with van der Waals surface area (Å²) < 4.78 is 4.91. The third kappa shape index (κ3) is 6.07. The van der Waals surface area contributed by atoms with E-state index in [1.807, 2.05) is 0 Å². The van der Waals surface area contributed by atoms with Crippen molar-refractivity contribution in [3.05, 3.63) is 29.8 Å². The van der Waals surface area contributed by atoms with E-state index in [0.717, 1.165) is 5.56 Å². The Bertz CT molecular complexity index is 568. The Morgan fingerprint density at radius 2 is 1.78 bits per heavy atom. The van der Waals surface area contributed by atoms with E-state index in [4.69, 9.17) is 15.6 Å². The van der Waals surface area contributed by atoms with Crippen LogP contribution in [0.15, 0.2) is 24.3 Å². The quantitative estimate of drug-likeness (QED) is 0.502. The van der Waals surface area contributed by atoms with Crippen molar-refractivity contribution >= 4 is 17.8 Å². The van der Waals surface area contributed by atoms with Crippen LogP contribution >= 0.6 is 0 Å². The molecule has 0 fully saturated rings. The van der Waals surface area contributed by atoms with E-state index in [2.05, 4.69) is 5.32 Å². The molecule has 0 spiro atoms. The Morgan fingerprint density at radius 3 is 2.22 bits per heavy atom. The van der Waals surface area contributed by atoms with Crippen molar-refractivity contribution < 1.29 is 24.2 Å². The smallest absolute Gasteiger partial charge is 0.326 e. The normalized spacial score (nSPS) is 13.3. The fourth-order valence-electron chi connectivity index (χ4n) is 1.98. The minimum absolute atomic E-state index is 0.244. The molecule has 0 radical (unpaired) electrons. The van der Waals surface area contributed by atoms with Gasteiger partial charge in [0, 0.05) is 6.92 Å². The average Bonchev–Trinajstić information content (AvgIpc) is 2.45. The number of nitrogens with one attached hydrogen (secondary N) is 1. The van der Waals surface area contributed by atoms with Crippen LogP contribution in [0.1, 0.15) is 26.3 Å². The third-order valence-corrected chi connectivity index (χ3v) is 3.21. The summed E-state index contributed by atoms with van der Waals surface area (Å²) in [5.74, 6) is -1.86. The minimum atomic E-state index is -1.09. The number of ether oxygens (including phenoxy) is 1. The van der Waals surface area contributed by atoms with E-state index < -0.39 is 29.9 Å². The highest BCUT2D eigenvalue weighted by atomic mass is 16.5. The molecule has 0 heterocycles. The first kappa shape index (κ1) is 18.6. The number of rotatable bonds is 7.